The lowest BCUT2D eigenvalue weighted by molar-refractivity contribution is -0.132. The van der Waals surface area contributed by atoms with Crippen molar-refractivity contribution in [2.75, 3.05) is 0 Å². The summed E-state index contributed by atoms with van der Waals surface area (Å²) in [6.07, 6.45) is 12.6. The third kappa shape index (κ3) is 2.02. The van der Waals surface area contributed by atoms with Crippen molar-refractivity contribution in [1.29, 1.82) is 0 Å². The van der Waals surface area contributed by atoms with Crippen LogP contribution in [0.15, 0.2) is 48.6 Å². The molecule has 0 saturated heterocycles. The molecular weight excluding hydrogens is 268 g/mol. The van der Waals surface area contributed by atoms with Gasteiger partial charge in [-0.3, -0.25) is 4.79 Å². The van der Waals surface area contributed by atoms with Gasteiger partial charge in [-0.05, 0) is 36.8 Å². The lowest BCUT2D eigenvalue weighted by Gasteiger charge is -2.52. The maximum atomic E-state index is 13.3. The number of Topliss-reactive ketones (excluding diaryl/α,β-unsaturated/α-hetero) is 1. The maximum absolute atomic E-state index is 13.3. The standard InChI is InChI=1S/C21H26O/c1-16-10-4-5-12-18(16)21(15-9-7-13-19(21)22)20(3)14-8-6-11-17(20)2/h4-6,8,10-12,14,17H,7,9,13,15H2,1-3H3. The molecule has 1 heteroatoms. The molecule has 0 aliphatic heterocycles. The summed E-state index contributed by atoms with van der Waals surface area (Å²) in [5, 5.41) is 0. The summed E-state index contributed by atoms with van der Waals surface area (Å²) in [7, 11) is 0. The van der Waals surface area contributed by atoms with E-state index < -0.39 is 0 Å². The summed E-state index contributed by atoms with van der Waals surface area (Å²) >= 11 is 0. The van der Waals surface area contributed by atoms with Crippen LogP contribution in [0.4, 0.5) is 0 Å². The predicted molar refractivity (Wildman–Crippen MR) is 91.9 cm³/mol. The molecule has 0 heterocycles. The van der Waals surface area contributed by atoms with Crippen molar-refractivity contribution in [2.24, 2.45) is 11.3 Å². The van der Waals surface area contributed by atoms with Crippen LogP contribution in [0.3, 0.4) is 0 Å². The Hall–Kier alpha value is -1.63. The van der Waals surface area contributed by atoms with E-state index in [9.17, 15) is 4.79 Å². The SMILES string of the molecule is Cc1ccccc1C1(C2(C)C=CC=CC2C)CCCCC1=O. The first-order valence-electron chi connectivity index (χ1n) is 8.48. The van der Waals surface area contributed by atoms with E-state index in [1.165, 1.54) is 11.1 Å². The Labute approximate surface area is 134 Å². The molecule has 0 amide bonds. The molecule has 0 aromatic heterocycles. The van der Waals surface area contributed by atoms with Crippen molar-refractivity contribution in [3.05, 3.63) is 59.7 Å². The van der Waals surface area contributed by atoms with Gasteiger partial charge in [-0.25, -0.2) is 0 Å². The van der Waals surface area contributed by atoms with Gasteiger partial charge in [-0.1, -0.05) is 68.8 Å². The highest BCUT2D eigenvalue weighted by Crippen LogP contribution is 2.56. The van der Waals surface area contributed by atoms with Gasteiger partial charge in [0.15, 0.2) is 0 Å². The van der Waals surface area contributed by atoms with Crippen LogP contribution in [0.2, 0.25) is 0 Å². The van der Waals surface area contributed by atoms with Crippen molar-refractivity contribution >= 4 is 5.78 Å². The predicted octanol–water partition coefficient (Wildman–Crippen LogP) is 5.14. The summed E-state index contributed by atoms with van der Waals surface area (Å²) in [5.74, 6) is 0.793. The second kappa shape index (κ2) is 5.53. The minimum absolute atomic E-state index is 0.147. The van der Waals surface area contributed by atoms with Crippen LogP contribution in [-0.2, 0) is 10.2 Å². The highest BCUT2D eigenvalue weighted by molar-refractivity contribution is 5.92. The van der Waals surface area contributed by atoms with E-state index in [0.717, 1.165) is 19.3 Å². The third-order valence-corrected chi connectivity index (χ3v) is 6.11. The van der Waals surface area contributed by atoms with E-state index in [0.29, 0.717) is 18.1 Å². The summed E-state index contributed by atoms with van der Waals surface area (Å²) in [4.78, 5) is 13.3. The molecule has 1 saturated carbocycles. The van der Waals surface area contributed by atoms with Crippen LogP contribution in [0.25, 0.3) is 0 Å². The third-order valence-electron chi connectivity index (χ3n) is 6.11. The summed E-state index contributed by atoms with van der Waals surface area (Å²) < 4.78 is 0. The monoisotopic (exact) mass is 294 g/mol. The molecule has 0 spiro atoms. The van der Waals surface area contributed by atoms with Gasteiger partial charge in [0.05, 0.1) is 5.41 Å². The molecule has 1 aromatic rings. The molecule has 2 aliphatic carbocycles. The normalized spacial score (nSPS) is 34.9. The number of hydrogen-bond acceptors (Lipinski definition) is 1. The summed E-state index contributed by atoms with van der Waals surface area (Å²) in [6, 6.07) is 8.49. The van der Waals surface area contributed by atoms with Crippen LogP contribution >= 0.6 is 0 Å². The Morgan fingerprint density at radius 1 is 1.14 bits per heavy atom. The highest BCUT2D eigenvalue weighted by atomic mass is 16.1. The Morgan fingerprint density at radius 2 is 1.91 bits per heavy atom. The van der Waals surface area contributed by atoms with E-state index in [2.05, 4.69) is 69.3 Å². The van der Waals surface area contributed by atoms with Crippen molar-refractivity contribution in [3.63, 3.8) is 0 Å². The van der Waals surface area contributed by atoms with Gasteiger partial charge >= 0.3 is 0 Å². The average Bonchev–Trinajstić information content (AvgIpc) is 2.52. The molecule has 0 radical (unpaired) electrons. The topological polar surface area (TPSA) is 17.1 Å². The molecule has 0 bridgehead atoms. The fourth-order valence-electron chi connectivity index (χ4n) is 4.59. The second-order valence-corrected chi connectivity index (χ2v) is 7.17. The van der Waals surface area contributed by atoms with Crippen LogP contribution in [0, 0.1) is 18.3 Å². The molecule has 1 nitrogen and oxygen atoms in total. The van der Waals surface area contributed by atoms with E-state index in [-0.39, 0.29) is 10.8 Å². The molecule has 22 heavy (non-hydrogen) atoms. The first kappa shape index (κ1) is 15.3. The minimum Gasteiger partial charge on any atom is -0.299 e. The molecule has 1 fully saturated rings. The molecule has 3 rings (SSSR count). The molecule has 3 unspecified atom stereocenters. The maximum Gasteiger partial charge on any atom is 0.144 e. The number of ketones is 1. The summed E-state index contributed by atoms with van der Waals surface area (Å²) in [6.45, 7) is 6.69. The number of hydrogen-bond donors (Lipinski definition) is 0. The smallest absolute Gasteiger partial charge is 0.144 e. The molecule has 116 valence electrons. The van der Waals surface area contributed by atoms with E-state index >= 15 is 0 Å². The van der Waals surface area contributed by atoms with Gasteiger partial charge in [0, 0.05) is 11.8 Å². The van der Waals surface area contributed by atoms with Gasteiger partial charge in [-0.15, -0.1) is 0 Å². The molecule has 0 N–H and O–H groups in total. The number of carbonyl (C=O) groups excluding carboxylic acids is 1. The zero-order valence-electron chi connectivity index (χ0n) is 13.9. The lowest BCUT2D eigenvalue weighted by Crippen LogP contribution is -2.54. The number of rotatable bonds is 2. The Morgan fingerprint density at radius 3 is 2.59 bits per heavy atom. The van der Waals surface area contributed by atoms with Crippen LogP contribution < -0.4 is 0 Å². The Bertz CT molecular complexity index is 639. The van der Waals surface area contributed by atoms with Crippen LogP contribution in [0.5, 0.6) is 0 Å². The average molecular weight is 294 g/mol. The van der Waals surface area contributed by atoms with Crippen LogP contribution in [-0.4, -0.2) is 5.78 Å². The zero-order chi connectivity index (χ0) is 15.8. The molecule has 3 atom stereocenters. The number of benzene rings is 1. The van der Waals surface area contributed by atoms with E-state index in [1.54, 1.807) is 0 Å². The summed E-state index contributed by atoms with van der Waals surface area (Å²) in [5.41, 5.74) is 1.96. The second-order valence-electron chi connectivity index (χ2n) is 7.17. The van der Waals surface area contributed by atoms with E-state index in [4.69, 9.17) is 0 Å². The van der Waals surface area contributed by atoms with Gasteiger partial charge < -0.3 is 0 Å². The number of carbonyl (C=O) groups is 1. The fraction of sp³-hybridized carbons (Fsp3) is 0.476. The van der Waals surface area contributed by atoms with Crippen molar-refractivity contribution in [2.45, 2.75) is 51.9 Å². The first-order chi connectivity index (χ1) is 10.5. The van der Waals surface area contributed by atoms with Crippen molar-refractivity contribution in [1.82, 2.24) is 0 Å². The number of aryl methyl sites for hydroxylation is 1. The van der Waals surface area contributed by atoms with Gasteiger partial charge in [0.2, 0.25) is 0 Å². The van der Waals surface area contributed by atoms with E-state index in [1.807, 2.05) is 0 Å². The largest absolute Gasteiger partial charge is 0.299 e. The molecule has 1 aromatic carbocycles. The molecular formula is C21H26O. The quantitative estimate of drug-likeness (QED) is 0.737. The Kier molecular flexibility index (Phi) is 3.84. The molecule has 2 aliphatic rings. The highest BCUT2D eigenvalue weighted by Gasteiger charge is 2.56. The van der Waals surface area contributed by atoms with Gasteiger partial charge in [-0.2, -0.15) is 0 Å². The van der Waals surface area contributed by atoms with Gasteiger partial charge in [0.25, 0.3) is 0 Å². The lowest BCUT2D eigenvalue weighted by atomic mass is 9.49. The van der Waals surface area contributed by atoms with Gasteiger partial charge in [0.1, 0.15) is 5.78 Å². The van der Waals surface area contributed by atoms with Crippen molar-refractivity contribution in [3.8, 4) is 0 Å². The fourth-order valence-corrected chi connectivity index (χ4v) is 4.59. The first-order valence-corrected chi connectivity index (χ1v) is 8.48. The zero-order valence-corrected chi connectivity index (χ0v) is 13.9. The number of allylic oxidation sites excluding steroid dienone is 4. The Balaban J connectivity index is 2.25. The van der Waals surface area contributed by atoms with Crippen molar-refractivity contribution < 1.29 is 4.79 Å². The minimum atomic E-state index is -0.378. The van der Waals surface area contributed by atoms with Crippen LogP contribution in [0.1, 0.15) is 50.7 Å².